The van der Waals surface area contributed by atoms with Crippen molar-refractivity contribution in [3.8, 4) is 16.9 Å². The van der Waals surface area contributed by atoms with Crippen molar-refractivity contribution in [1.82, 2.24) is 5.32 Å². The third-order valence-corrected chi connectivity index (χ3v) is 9.44. The van der Waals surface area contributed by atoms with Gasteiger partial charge in [-0.25, -0.2) is 0 Å². The molecule has 5 rings (SSSR count). The Kier molecular flexibility index (Phi) is 12.1. The van der Waals surface area contributed by atoms with Crippen molar-refractivity contribution in [3.63, 3.8) is 0 Å². The highest BCUT2D eigenvalue weighted by molar-refractivity contribution is 7.99. The van der Waals surface area contributed by atoms with Crippen LogP contribution in [0.3, 0.4) is 0 Å². The molecule has 4 aromatic carbocycles. The molecular weight excluding hydrogens is 614 g/mol. The highest BCUT2D eigenvalue weighted by Crippen LogP contribution is 2.44. The van der Waals surface area contributed by atoms with E-state index in [1.165, 1.54) is 0 Å². The third-order valence-electron chi connectivity index (χ3n) is 8.30. The van der Waals surface area contributed by atoms with Crippen molar-refractivity contribution in [2.24, 2.45) is 5.92 Å². The van der Waals surface area contributed by atoms with Gasteiger partial charge < -0.3 is 29.7 Å². The summed E-state index contributed by atoms with van der Waals surface area (Å²) in [6.45, 7) is 2.49. The van der Waals surface area contributed by atoms with Crippen molar-refractivity contribution >= 4 is 23.6 Å². The van der Waals surface area contributed by atoms with Gasteiger partial charge in [0.1, 0.15) is 5.75 Å². The molecule has 0 unspecified atom stereocenters. The summed E-state index contributed by atoms with van der Waals surface area (Å²) in [4.78, 5) is 24.0. The average molecular weight is 656 g/mol. The summed E-state index contributed by atoms with van der Waals surface area (Å²) in [5.41, 5.74) is 5.71. The lowest BCUT2D eigenvalue weighted by Gasteiger charge is -2.41. The molecule has 0 aromatic heterocycles. The van der Waals surface area contributed by atoms with E-state index in [1.54, 1.807) is 18.9 Å². The first-order valence-electron chi connectivity index (χ1n) is 15.8. The van der Waals surface area contributed by atoms with E-state index >= 15 is 0 Å². The quantitative estimate of drug-likeness (QED) is 0.121. The molecule has 8 nitrogen and oxygen atoms in total. The molecule has 0 saturated carbocycles. The molecule has 3 N–H and O–H groups in total. The van der Waals surface area contributed by atoms with Crippen LogP contribution in [-0.4, -0.2) is 41.1 Å². The Bertz CT molecular complexity index is 1640. The average Bonchev–Trinajstić information content (AvgIpc) is 3.10. The molecule has 1 fully saturated rings. The predicted octanol–water partition coefficient (Wildman–Crippen LogP) is 7.31. The highest BCUT2D eigenvalue weighted by Gasteiger charge is 2.38. The third kappa shape index (κ3) is 9.23. The van der Waals surface area contributed by atoms with Gasteiger partial charge in [0.2, 0.25) is 5.91 Å². The summed E-state index contributed by atoms with van der Waals surface area (Å²) >= 11 is 1.70. The van der Waals surface area contributed by atoms with E-state index in [-0.39, 0.29) is 43.5 Å². The summed E-state index contributed by atoms with van der Waals surface area (Å²) in [5, 5.41) is 21.3. The first-order valence-corrected chi connectivity index (χ1v) is 16.8. The number of aliphatic hydroxyl groups excluding tert-OH is 1. The summed E-state index contributed by atoms with van der Waals surface area (Å²) in [5.74, 6) is 0.514. The van der Waals surface area contributed by atoms with Gasteiger partial charge in [-0.3, -0.25) is 9.59 Å². The SMILES string of the molecule is COc1ccccc1SC[C@H]1O[C@@H](c2cccc(-c3cccc(CNC(=O)CCCC(=O)O)c3)c2)O[C@@H](c2ccc(CO)cc2)[C@H]1C. The van der Waals surface area contributed by atoms with E-state index in [1.807, 2.05) is 84.9 Å². The van der Waals surface area contributed by atoms with Crippen LogP contribution in [0.2, 0.25) is 0 Å². The highest BCUT2D eigenvalue weighted by atomic mass is 32.2. The number of aliphatic hydroxyl groups is 1. The number of benzene rings is 4. The number of para-hydroxylation sites is 1. The lowest BCUT2D eigenvalue weighted by atomic mass is 9.91. The van der Waals surface area contributed by atoms with Crippen molar-refractivity contribution in [3.05, 3.63) is 119 Å². The van der Waals surface area contributed by atoms with E-state index in [2.05, 4.69) is 24.4 Å². The van der Waals surface area contributed by atoms with Gasteiger partial charge in [-0.2, -0.15) is 0 Å². The second-order valence-electron chi connectivity index (χ2n) is 11.6. The maximum absolute atomic E-state index is 12.2. The number of thioether (sulfide) groups is 1. The number of carbonyl (C=O) groups excluding carboxylic acids is 1. The number of hydrogen-bond donors (Lipinski definition) is 3. The van der Waals surface area contributed by atoms with Crippen LogP contribution in [0.4, 0.5) is 0 Å². The molecule has 1 aliphatic rings. The van der Waals surface area contributed by atoms with Crippen LogP contribution in [-0.2, 0) is 32.2 Å². The molecule has 0 spiro atoms. The number of aliphatic carboxylic acids is 1. The Morgan fingerprint density at radius 1 is 0.851 bits per heavy atom. The fraction of sp³-hybridized carbons (Fsp3) is 0.316. The number of rotatable bonds is 14. The van der Waals surface area contributed by atoms with Crippen LogP contribution in [0.25, 0.3) is 11.1 Å². The van der Waals surface area contributed by atoms with Crippen molar-refractivity contribution < 1.29 is 34.0 Å². The van der Waals surface area contributed by atoms with Gasteiger partial charge in [0.15, 0.2) is 6.29 Å². The van der Waals surface area contributed by atoms with Gasteiger partial charge >= 0.3 is 5.97 Å². The first kappa shape index (κ1) is 34.2. The molecular formula is C38H41NO7S. The van der Waals surface area contributed by atoms with Gasteiger partial charge in [-0.05, 0) is 58.5 Å². The second-order valence-corrected chi connectivity index (χ2v) is 12.7. The minimum absolute atomic E-state index is 0.0155. The lowest BCUT2D eigenvalue weighted by molar-refractivity contribution is -0.268. The fourth-order valence-corrected chi connectivity index (χ4v) is 6.83. The van der Waals surface area contributed by atoms with Crippen LogP contribution >= 0.6 is 11.8 Å². The molecule has 9 heteroatoms. The zero-order chi connectivity index (χ0) is 33.2. The molecule has 0 radical (unpaired) electrons. The minimum Gasteiger partial charge on any atom is -0.496 e. The number of carboxylic acid groups (broad SMARTS) is 1. The van der Waals surface area contributed by atoms with Gasteiger partial charge in [0.05, 0.1) is 25.9 Å². The topological polar surface area (TPSA) is 114 Å². The van der Waals surface area contributed by atoms with Gasteiger partial charge in [0, 0.05) is 41.5 Å². The van der Waals surface area contributed by atoms with Crippen LogP contribution in [0.1, 0.15) is 60.8 Å². The Labute approximate surface area is 280 Å². The number of amides is 1. The number of nitrogens with one attached hydrogen (secondary N) is 1. The summed E-state index contributed by atoms with van der Waals surface area (Å²) in [6.07, 6.45) is -0.491. The predicted molar refractivity (Wildman–Crippen MR) is 182 cm³/mol. The largest absolute Gasteiger partial charge is 0.496 e. The minimum atomic E-state index is -0.902. The molecule has 1 heterocycles. The van der Waals surface area contributed by atoms with Crippen molar-refractivity contribution in [2.45, 2.75) is 62.7 Å². The maximum atomic E-state index is 12.2. The van der Waals surface area contributed by atoms with Gasteiger partial charge in [0.25, 0.3) is 0 Å². The summed E-state index contributed by atoms with van der Waals surface area (Å²) in [6, 6.07) is 32.0. The van der Waals surface area contributed by atoms with Crippen LogP contribution in [0.5, 0.6) is 5.75 Å². The van der Waals surface area contributed by atoms with Crippen molar-refractivity contribution in [1.29, 1.82) is 0 Å². The lowest BCUT2D eigenvalue weighted by Crippen LogP contribution is -2.38. The molecule has 0 aliphatic carbocycles. The summed E-state index contributed by atoms with van der Waals surface area (Å²) < 4.78 is 19.0. The standard InChI is InChI=1S/C38H41NO7S/c1-25-33(24-47-34-13-4-3-12-32(34)44-2)45-38(46-37(25)28-18-16-26(23-40)17-19-28)31-11-6-10-30(21-31)29-9-5-8-27(20-29)22-39-35(41)14-7-15-36(42)43/h3-6,8-13,16-21,25,33,37-38,40H,7,14-15,22-24H2,1-2H3,(H,39,41)(H,42,43)/t25-,33+,37+,38+/m0/s1. The fourth-order valence-electron chi connectivity index (χ4n) is 5.63. The molecule has 1 saturated heterocycles. The Morgan fingerprint density at radius 3 is 2.34 bits per heavy atom. The van der Waals surface area contributed by atoms with Crippen LogP contribution < -0.4 is 10.1 Å². The van der Waals surface area contributed by atoms with E-state index < -0.39 is 12.3 Å². The summed E-state index contributed by atoms with van der Waals surface area (Å²) in [7, 11) is 1.68. The van der Waals surface area contributed by atoms with Gasteiger partial charge in [-0.1, -0.05) is 79.7 Å². The number of carbonyl (C=O) groups is 2. The zero-order valence-electron chi connectivity index (χ0n) is 26.6. The zero-order valence-corrected chi connectivity index (χ0v) is 27.5. The Hall–Kier alpha value is -4.15. The smallest absolute Gasteiger partial charge is 0.303 e. The van der Waals surface area contributed by atoms with E-state index in [0.717, 1.165) is 44.0 Å². The molecule has 1 aliphatic heterocycles. The monoisotopic (exact) mass is 655 g/mol. The van der Waals surface area contributed by atoms with Crippen LogP contribution in [0.15, 0.2) is 102 Å². The Balaban J connectivity index is 1.35. The van der Waals surface area contributed by atoms with Crippen LogP contribution in [0, 0.1) is 5.92 Å². The number of hydrogen-bond acceptors (Lipinski definition) is 7. The van der Waals surface area contributed by atoms with E-state index in [0.29, 0.717) is 18.7 Å². The molecule has 246 valence electrons. The van der Waals surface area contributed by atoms with E-state index in [9.17, 15) is 14.7 Å². The Morgan fingerprint density at radius 2 is 1.60 bits per heavy atom. The molecule has 0 bridgehead atoms. The normalized spacial score (nSPS) is 19.2. The number of carboxylic acids is 1. The molecule has 4 aromatic rings. The van der Waals surface area contributed by atoms with E-state index in [4.69, 9.17) is 19.3 Å². The number of ether oxygens (including phenoxy) is 3. The van der Waals surface area contributed by atoms with Gasteiger partial charge in [-0.15, -0.1) is 11.8 Å². The molecule has 4 atom stereocenters. The maximum Gasteiger partial charge on any atom is 0.303 e. The molecule has 1 amide bonds. The van der Waals surface area contributed by atoms with Crippen molar-refractivity contribution in [2.75, 3.05) is 12.9 Å². The first-order chi connectivity index (χ1) is 22.8. The molecule has 47 heavy (non-hydrogen) atoms. The second kappa shape index (κ2) is 16.6. The number of methoxy groups -OCH3 is 1.